The zero-order chi connectivity index (χ0) is 18.7. The zero-order valence-electron chi connectivity index (χ0n) is 14.3. The van der Waals surface area contributed by atoms with Gasteiger partial charge in [-0.25, -0.2) is 0 Å². The largest absolute Gasteiger partial charge is 0.505 e. The van der Waals surface area contributed by atoms with Gasteiger partial charge in [-0.05, 0) is 31.0 Å². The van der Waals surface area contributed by atoms with E-state index < -0.39 is 17.2 Å². The highest BCUT2D eigenvalue weighted by Crippen LogP contribution is 2.19. The van der Waals surface area contributed by atoms with Gasteiger partial charge in [0.05, 0.1) is 5.69 Å². The van der Waals surface area contributed by atoms with Crippen molar-refractivity contribution in [2.45, 2.75) is 26.7 Å². The summed E-state index contributed by atoms with van der Waals surface area (Å²) < 4.78 is 1.07. The van der Waals surface area contributed by atoms with Gasteiger partial charge in [0, 0.05) is 12.5 Å². The summed E-state index contributed by atoms with van der Waals surface area (Å²) in [4.78, 5) is 24.6. The lowest BCUT2D eigenvalue weighted by Gasteiger charge is -2.08. The molecule has 1 amide bonds. The number of carbonyl (C=O) groups excluding carboxylic acids is 1. The van der Waals surface area contributed by atoms with Crippen molar-refractivity contribution in [3.63, 3.8) is 0 Å². The monoisotopic (exact) mass is 371 g/mol. The minimum atomic E-state index is -0.664. The molecule has 0 aliphatic heterocycles. The topological polar surface area (TPSA) is 110 Å². The van der Waals surface area contributed by atoms with Crippen LogP contribution in [0.1, 0.15) is 34.4 Å². The molecule has 0 spiro atoms. The van der Waals surface area contributed by atoms with Gasteiger partial charge in [0.1, 0.15) is 5.01 Å². The first-order valence-electron chi connectivity index (χ1n) is 8.02. The molecule has 0 aliphatic rings. The van der Waals surface area contributed by atoms with Crippen LogP contribution in [0.3, 0.4) is 0 Å². The molecule has 3 rings (SSSR count). The molecule has 26 heavy (non-hydrogen) atoms. The molecule has 2 heterocycles. The standard InChI is InChI=1S/C17H17N5O3S/c1-3-5-13-19-20-17(26-13)18-16(25)15-12(23)9-14(24)22(21-15)11-7-4-6-10(2)8-11/h4,6-9,23H,3,5H2,1-2H3,(H,18,20,25). The number of rotatable bonds is 5. The summed E-state index contributed by atoms with van der Waals surface area (Å²) in [5.41, 5.74) is 0.641. The smallest absolute Gasteiger partial charge is 0.281 e. The van der Waals surface area contributed by atoms with E-state index in [0.717, 1.165) is 34.2 Å². The van der Waals surface area contributed by atoms with Gasteiger partial charge in [0.25, 0.3) is 11.5 Å². The third kappa shape index (κ3) is 3.77. The summed E-state index contributed by atoms with van der Waals surface area (Å²) >= 11 is 1.26. The van der Waals surface area contributed by atoms with Crippen LogP contribution >= 0.6 is 11.3 Å². The number of aromatic hydroxyl groups is 1. The van der Waals surface area contributed by atoms with Crippen LogP contribution in [0.25, 0.3) is 5.69 Å². The molecule has 8 nitrogen and oxygen atoms in total. The molecule has 0 unspecified atom stereocenters. The number of anilines is 1. The van der Waals surface area contributed by atoms with E-state index in [1.54, 1.807) is 18.2 Å². The minimum Gasteiger partial charge on any atom is -0.505 e. The summed E-state index contributed by atoms with van der Waals surface area (Å²) in [5, 5.41) is 25.6. The lowest BCUT2D eigenvalue weighted by Crippen LogP contribution is -2.25. The van der Waals surface area contributed by atoms with Crippen molar-refractivity contribution in [1.29, 1.82) is 0 Å². The Hall–Kier alpha value is -3.07. The summed E-state index contributed by atoms with van der Waals surface area (Å²) in [6, 6.07) is 8.08. The molecule has 0 aliphatic carbocycles. The van der Waals surface area contributed by atoms with E-state index >= 15 is 0 Å². The van der Waals surface area contributed by atoms with Crippen molar-refractivity contribution in [1.82, 2.24) is 20.0 Å². The van der Waals surface area contributed by atoms with E-state index in [4.69, 9.17) is 0 Å². The molecule has 2 N–H and O–H groups in total. The van der Waals surface area contributed by atoms with Crippen molar-refractivity contribution in [3.05, 3.63) is 57.0 Å². The number of aromatic nitrogens is 4. The second-order valence-corrected chi connectivity index (χ2v) is 6.73. The number of carbonyl (C=O) groups is 1. The number of aryl methyl sites for hydroxylation is 2. The van der Waals surface area contributed by atoms with Crippen LogP contribution in [-0.4, -0.2) is 31.0 Å². The van der Waals surface area contributed by atoms with Crippen LogP contribution in [0.4, 0.5) is 5.13 Å². The molecule has 1 aromatic carbocycles. The zero-order valence-corrected chi connectivity index (χ0v) is 15.1. The van der Waals surface area contributed by atoms with Gasteiger partial charge in [0.2, 0.25) is 5.13 Å². The van der Waals surface area contributed by atoms with Crippen LogP contribution in [0.15, 0.2) is 35.1 Å². The van der Waals surface area contributed by atoms with Gasteiger partial charge < -0.3 is 5.11 Å². The average molecular weight is 371 g/mol. The lowest BCUT2D eigenvalue weighted by molar-refractivity contribution is 0.101. The van der Waals surface area contributed by atoms with Gasteiger partial charge in [-0.3, -0.25) is 14.9 Å². The maximum Gasteiger partial charge on any atom is 0.281 e. The fourth-order valence-electron chi connectivity index (χ4n) is 2.33. The highest BCUT2D eigenvalue weighted by atomic mass is 32.1. The Balaban J connectivity index is 1.92. The van der Waals surface area contributed by atoms with Crippen molar-refractivity contribution in [2.24, 2.45) is 0 Å². The van der Waals surface area contributed by atoms with Crippen molar-refractivity contribution in [2.75, 3.05) is 5.32 Å². The molecule has 134 valence electrons. The van der Waals surface area contributed by atoms with Gasteiger partial charge in [-0.2, -0.15) is 9.78 Å². The van der Waals surface area contributed by atoms with E-state index in [1.807, 2.05) is 19.9 Å². The average Bonchev–Trinajstić information content (AvgIpc) is 3.02. The number of nitrogens with zero attached hydrogens (tertiary/aromatic N) is 4. The summed E-state index contributed by atoms with van der Waals surface area (Å²) in [5.74, 6) is -1.15. The van der Waals surface area contributed by atoms with Gasteiger partial charge in [-0.15, -0.1) is 10.2 Å². The number of hydrogen-bond acceptors (Lipinski definition) is 7. The van der Waals surface area contributed by atoms with Gasteiger partial charge >= 0.3 is 0 Å². The molecule has 0 saturated heterocycles. The molecule has 3 aromatic rings. The Kier molecular flexibility index (Phi) is 5.08. The Morgan fingerprint density at radius 1 is 1.31 bits per heavy atom. The number of amides is 1. The Labute approximate surface area is 153 Å². The Bertz CT molecular complexity index is 1010. The fourth-order valence-corrected chi connectivity index (χ4v) is 3.17. The molecule has 0 fully saturated rings. The van der Waals surface area contributed by atoms with E-state index in [-0.39, 0.29) is 5.69 Å². The maximum atomic E-state index is 12.5. The van der Waals surface area contributed by atoms with Crippen molar-refractivity contribution >= 4 is 22.4 Å². The SMILES string of the molecule is CCCc1nnc(NC(=O)c2nn(-c3cccc(C)c3)c(=O)cc2O)s1. The highest BCUT2D eigenvalue weighted by molar-refractivity contribution is 7.15. The van der Waals surface area contributed by atoms with Crippen LogP contribution in [0.2, 0.25) is 0 Å². The number of hydrogen-bond donors (Lipinski definition) is 2. The third-order valence-electron chi connectivity index (χ3n) is 3.52. The van der Waals surface area contributed by atoms with Crippen molar-refractivity contribution < 1.29 is 9.90 Å². The first kappa shape index (κ1) is 17.7. The molecule has 0 saturated carbocycles. The van der Waals surface area contributed by atoms with E-state index in [9.17, 15) is 14.7 Å². The molecule has 2 aromatic heterocycles. The lowest BCUT2D eigenvalue weighted by atomic mass is 10.2. The molecule has 0 radical (unpaired) electrons. The third-order valence-corrected chi connectivity index (χ3v) is 4.42. The first-order chi connectivity index (χ1) is 12.5. The predicted molar refractivity (Wildman–Crippen MR) is 98.1 cm³/mol. The maximum absolute atomic E-state index is 12.5. The number of nitrogens with one attached hydrogen (secondary N) is 1. The van der Waals surface area contributed by atoms with Crippen LogP contribution < -0.4 is 10.9 Å². The quantitative estimate of drug-likeness (QED) is 0.712. The van der Waals surface area contributed by atoms with E-state index in [2.05, 4.69) is 20.6 Å². The van der Waals surface area contributed by atoms with E-state index in [0.29, 0.717) is 10.8 Å². The second kappa shape index (κ2) is 7.44. The van der Waals surface area contributed by atoms with E-state index in [1.165, 1.54) is 11.3 Å². The molecule has 9 heteroatoms. The van der Waals surface area contributed by atoms with Crippen LogP contribution in [0.5, 0.6) is 5.75 Å². The second-order valence-electron chi connectivity index (χ2n) is 5.67. The van der Waals surface area contributed by atoms with Crippen molar-refractivity contribution in [3.8, 4) is 11.4 Å². The summed E-state index contributed by atoms with van der Waals surface area (Å²) in [6.07, 6.45) is 1.70. The highest BCUT2D eigenvalue weighted by Gasteiger charge is 2.18. The van der Waals surface area contributed by atoms with Crippen LogP contribution in [-0.2, 0) is 6.42 Å². The minimum absolute atomic E-state index is 0.265. The predicted octanol–water partition coefficient (Wildman–Crippen LogP) is 2.30. The molecular weight excluding hydrogens is 354 g/mol. The summed E-state index contributed by atoms with van der Waals surface area (Å²) in [7, 11) is 0. The molecule has 0 atom stereocenters. The first-order valence-corrected chi connectivity index (χ1v) is 8.83. The number of benzene rings is 1. The fraction of sp³-hybridized carbons (Fsp3) is 0.235. The molecule has 0 bridgehead atoms. The molecular formula is C17H17N5O3S. The Morgan fingerprint density at radius 2 is 2.12 bits per heavy atom. The normalized spacial score (nSPS) is 10.7. The van der Waals surface area contributed by atoms with Crippen LogP contribution in [0, 0.1) is 6.92 Å². The summed E-state index contributed by atoms with van der Waals surface area (Å²) in [6.45, 7) is 3.90. The van der Waals surface area contributed by atoms with Gasteiger partial charge in [-0.1, -0.05) is 30.4 Å². The van der Waals surface area contributed by atoms with Gasteiger partial charge in [0.15, 0.2) is 11.4 Å². The Morgan fingerprint density at radius 3 is 2.85 bits per heavy atom.